The lowest BCUT2D eigenvalue weighted by Gasteiger charge is -2.21. The molecule has 0 spiro atoms. The maximum absolute atomic E-state index is 12.2. The molecule has 1 N–H and O–H groups in total. The van der Waals surface area contributed by atoms with Crippen LogP contribution in [-0.2, 0) is 10.2 Å². The van der Waals surface area contributed by atoms with E-state index in [4.69, 9.17) is 0 Å². The van der Waals surface area contributed by atoms with E-state index in [0.717, 1.165) is 25.8 Å². The van der Waals surface area contributed by atoms with E-state index in [0.29, 0.717) is 0 Å². The molecule has 1 aromatic rings. The Morgan fingerprint density at radius 2 is 2.00 bits per heavy atom. The average molecular weight is 255 g/mol. The highest BCUT2D eigenvalue weighted by molar-refractivity contribution is 5.79. The first-order valence-corrected chi connectivity index (χ1v) is 7.28. The van der Waals surface area contributed by atoms with Gasteiger partial charge in [-0.05, 0) is 37.7 Å². The Labute approximate surface area is 114 Å². The number of hydrogen-bond acceptors (Lipinski definition) is 1. The number of rotatable bonds is 4. The van der Waals surface area contributed by atoms with Gasteiger partial charge in [-0.1, -0.05) is 42.5 Å². The molecule has 0 heterocycles. The lowest BCUT2D eigenvalue weighted by Crippen LogP contribution is -2.36. The molecule has 1 atom stereocenters. The van der Waals surface area contributed by atoms with Crippen LogP contribution in [0.3, 0.4) is 0 Å². The van der Waals surface area contributed by atoms with Crippen molar-refractivity contribution in [3.63, 3.8) is 0 Å². The third-order valence-corrected chi connectivity index (χ3v) is 4.48. The molecule has 2 aliphatic rings. The van der Waals surface area contributed by atoms with E-state index >= 15 is 0 Å². The molecular formula is C17H21NO. The van der Waals surface area contributed by atoms with Gasteiger partial charge >= 0.3 is 0 Å². The van der Waals surface area contributed by atoms with E-state index in [1.807, 2.05) is 6.07 Å². The van der Waals surface area contributed by atoms with Gasteiger partial charge in [0.1, 0.15) is 0 Å². The van der Waals surface area contributed by atoms with Crippen molar-refractivity contribution in [3.8, 4) is 0 Å². The first kappa shape index (κ1) is 12.5. The highest BCUT2D eigenvalue weighted by Crippen LogP contribution is 2.47. The first-order chi connectivity index (χ1) is 9.30. The minimum absolute atomic E-state index is 0.191. The number of hydrogen-bond donors (Lipinski definition) is 1. The van der Waals surface area contributed by atoms with Gasteiger partial charge in [-0.15, -0.1) is 0 Å². The molecule has 1 fully saturated rings. The zero-order valence-electron chi connectivity index (χ0n) is 11.3. The summed E-state index contributed by atoms with van der Waals surface area (Å²) in [7, 11) is 0. The van der Waals surface area contributed by atoms with Gasteiger partial charge in [0.2, 0.25) is 5.91 Å². The van der Waals surface area contributed by atoms with E-state index < -0.39 is 0 Å². The van der Waals surface area contributed by atoms with E-state index in [9.17, 15) is 4.79 Å². The summed E-state index contributed by atoms with van der Waals surface area (Å²) in [6.07, 6.45) is 9.66. The monoisotopic (exact) mass is 255 g/mol. The molecule has 0 radical (unpaired) electrons. The van der Waals surface area contributed by atoms with Gasteiger partial charge < -0.3 is 5.32 Å². The van der Waals surface area contributed by atoms with Crippen molar-refractivity contribution in [1.29, 1.82) is 0 Å². The summed E-state index contributed by atoms with van der Waals surface area (Å²) < 4.78 is 0. The fourth-order valence-electron chi connectivity index (χ4n) is 2.94. The Hall–Kier alpha value is -1.57. The summed E-state index contributed by atoms with van der Waals surface area (Å²) >= 11 is 0. The average Bonchev–Trinajstić information content (AvgIpc) is 3.28. The Bertz CT molecular complexity index is 473. The predicted molar refractivity (Wildman–Crippen MR) is 76.8 cm³/mol. The van der Waals surface area contributed by atoms with Crippen LogP contribution in [0, 0.1) is 5.92 Å². The van der Waals surface area contributed by atoms with Crippen LogP contribution in [0.5, 0.6) is 0 Å². The van der Waals surface area contributed by atoms with Crippen LogP contribution in [0.2, 0.25) is 0 Å². The van der Waals surface area contributed by atoms with Crippen molar-refractivity contribution < 1.29 is 4.79 Å². The van der Waals surface area contributed by atoms with E-state index in [2.05, 4.69) is 41.7 Å². The smallest absolute Gasteiger partial charge is 0.223 e. The zero-order chi connectivity index (χ0) is 13.1. The second kappa shape index (κ2) is 5.20. The van der Waals surface area contributed by atoms with Crippen molar-refractivity contribution in [3.05, 3.63) is 48.0 Å². The molecule has 0 bridgehead atoms. The molecule has 0 aromatic heterocycles. The molecular weight excluding hydrogens is 234 g/mol. The van der Waals surface area contributed by atoms with Crippen LogP contribution in [0.1, 0.15) is 37.7 Å². The molecule has 0 aliphatic heterocycles. The SMILES string of the molecule is O=C(NCC1(c2ccccc2)CC1)C1CC=CCC1. The summed E-state index contributed by atoms with van der Waals surface area (Å²) in [4.78, 5) is 12.2. The number of carbonyl (C=O) groups excluding carboxylic acids is 1. The van der Waals surface area contributed by atoms with Gasteiger partial charge in [-0.25, -0.2) is 0 Å². The quantitative estimate of drug-likeness (QED) is 0.823. The number of allylic oxidation sites excluding steroid dienone is 2. The lowest BCUT2D eigenvalue weighted by molar-refractivity contribution is -0.125. The summed E-state index contributed by atoms with van der Waals surface area (Å²) in [5.41, 5.74) is 1.60. The molecule has 1 aromatic carbocycles. The van der Waals surface area contributed by atoms with Crippen molar-refractivity contribution in [1.82, 2.24) is 5.32 Å². The third-order valence-electron chi connectivity index (χ3n) is 4.48. The van der Waals surface area contributed by atoms with Crippen LogP contribution in [0.15, 0.2) is 42.5 Å². The third kappa shape index (κ3) is 2.73. The first-order valence-electron chi connectivity index (χ1n) is 7.28. The summed E-state index contributed by atoms with van der Waals surface area (Å²) in [6.45, 7) is 0.802. The Balaban J connectivity index is 1.57. The molecule has 1 saturated carbocycles. The molecule has 0 saturated heterocycles. The molecule has 2 aliphatic carbocycles. The van der Waals surface area contributed by atoms with Gasteiger partial charge in [0.15, 0.2) is 0 Å². The number of amides is 1. The van der Waals surface area contributed by atoms with Crippen LogP contribution in [-0.4, -0.2) is 12.5 Å². The number of nitrogens with one attached hydrogen (secondary N) is 1. The molecule has 2 nitrogen and oxygen atoms in total. The predicted octanol–water partition coefficient (Wildman–Crippen LogP) is 3.19. The number of benzene rings is 1. The van der Waals surface area contributed by atoms with Gasteiger partial charge in [-0.3, -0.25) is 4.79 Å². The fourth-order valence-corrected chi connectivity index (χ4v) is 2.94. The van der Waals surface area contributed by atoms with Crippen LogP contribution in [0.4, 0.5) is 0 Å². The maximum atomic E-state index is 12.2. The minimum Gasteiger partial charge on any atom is -0.355 e. The Morgan fingerprint density at radius 1 is 1.21 bits per heavy atom. The van der Waals surface area contributed by atoms with Crippen LogP contribution >= 0.6 is 0 Å². The lowest BCUT2D eigenvalue weighted by atomic mass is 9.92. The highest BCUT2D eigenvalue weighted by atomic mass is 16.1. The fraction of sp³-hybridized carbons (Fsp3) is 0.471. The number of carbonyl (C=O) groups is 1. The largest absolute Gasteiger partial charge is 0.355 e. The van der Waals surface area contributed by atoms with E-state index in [1.54, 1.807) is 0 Å². The second-order valence-corrected chi connectivity index (χ2v) is 5.85. The van der Waals surface area contributed by atoms with Crippen molar-refractivity contribution >= 4 is 5.91 Å². The maximum Gasteiger partial charge on any atom is 0.223 e. The van der Waals surface area contributed by atoms with Gasteiger partial charge in [0.05, 0.1) is 0 Å². The Kier molecular flexibility index (Phi) is 3.41. The van der Waals surface area contributed by atoms with Crippen LogP contribution < -0.4 is 5.32 Å². The molecule has 1 unspecified atom stereocenters. The van der Waals surface area contributed by atoms with Gasteiger partial charge in [0, 0.05) is 17.9 Å². The van der Waals surface area contributed by atoms with Gasteiger partial charge in [-0.2, -0.15) is 0 Å². The topological polar surface area (TPSA) is 29.1 Å². The molecule has 19 heavy (non-hydrogen) atoms. The van der Waals surface area contributed by atoms with Crippen LogP contribution in [0.25, 0.3) is 0 Å². The summed E-state index contributed by atoms with van der Waals surface area (Å²) in [5.74, 6) is 0.433. The zero-order valence-corrected chi connectivity index (χ0v) is 11.3. The Morgan fingerprint density at radius 3 is 2.63 bits per heavy atom. The second-order valence-electron chi connectivity index (χ2n) is 5.85. The molecule has 2 heteroatoms. The summed E-state index contributed by atoms with van der Waals surface area (Å²) in [5, 5.41) is 3.18. The van der Waals surface area contributed by atoms with E-state index in [1.165, 1.54) is 18.4 Å². The minimum atomic E-state index is 0.191. The normalized spacial score (nSPS) is 23.9. The van der Waals surface area contributed by atoms with Gasteiger partial charge in [0.25, 0.3) is 0 Å². The highest BCUT2D eigenvalue weighted by Gasteiger charge is 2.44. The molecule has 1 amide bonds. The standard InChI is InChI=1S/C17H21NO/c19-16(14-7-3-1-4-8-14)18-13-17(11-12-17)15-9-5-2-6-10-15/h1-3,5-6,9-10,14H,4,7-8,11-13H2,(H,18,19). The molecule has 100 valence electrons. The van der Waals surface area contributed by atoms with Crippen molar-refractivity contribution in [2.24, 2.45) is 5.92 Å². The van der Waals surface area contributed by atoms with E-state index in [-0.39, 0.29) is 17.2 Å². The van der Waals surface area contributed by atoms with Crippen molar-refractivity contribution in [2.45, 2.75) is 37.5 Å². The molecule has 3 rings (SSSR count). The van der Waals surface area contributed by atoms with Crippen molar-refractivity contribution in [2.75, 3.05) is 6.54 Å². The summed E-state index contributed by atoms with van der Waals surface area (Å²) in [6, 6.07) is 10.6.